The fraction of sp³-hybridized carbons (Fsp3) is 0.333. The van der Waals surface area contributed by atoms with Crippen molar-refractivity contribution >= 4 is 11.6 Å². The smallest absolute Gasteiger partial charge is 0.231 e. The summed E-state index contributed by atoms with van der Waals surface area (Å²) in [5.74, 6) is 1.41. The van der Waals surface area contributed by atoms with Gasteiger partial charge in [-0.2, -0.15) is 0 Å². The van der Waals surface area contributed by atoms with Crippen LogP contribution in [0.3, 0.4) is 0 Å². The Morgan fingerprint density at radius 3 is 2.62 bits per heavy atom. The molecule has 0 fully saturated rings. The van der Waals surface area contributed by atoms with Crippen LogP contribution in [-0.2, 0) is 0 Å². The molecule has 0 amide bonds. The first-order valence-corrected chi connectivity index (χ1v) is 4.41. The normalized spacial score (nSPS) is 15.9. The van der Waals surface area contributed by atoms with Gasteiger partial charge in [0.25, 0.3) is 0 Å². The van der Waals surface area contributed by atoms with E-state index in [2.05, 4.69) is 0 Å². The molecule has 0 bridgehead atoms. The average Bonchev–Trinajstić information content (AvgIpc) is 2.48. The van der Waals surface area contributed by atoms with Crippen molar-refractivity contribution < 1.29 is 9.47 Å². The Morgan fingerprint density at radius 2 is 2.00 bits per heavy atom. The first-order valence-electron chi connectivity index (χ1n) is 4.03. The predicted octanol–water partition coefficient (Wildman–Crippen LogP) is 2.09. The lowest BCUT2D eigenvalue weighted by Crippen LogP contribution is -2.05. The molecule has 13 heavy (non-hydrogen) atoms. The van der Waals surface area contributed by atoms with Gasteiger partial charge >= 0.3 is 0 Å². The average molecular weight is 200 g/mol. The Hall–Kier alpha value is -0.930. The van der Waals surface area contributed by atoms with Gasteiger partial charge in [-0.3, -0.25) is 0 Å². The van der Waals surface area contributed by atoms with E-state index in [0.717, 1.165) is 11.3 Å². The van der Waals surface area contributed by atoms with Gasteiger partial charge in [-0.1, -0.05) is 11.6 Å². The fourth-order valence-corrected chi connectivity index (χ4v) is 1.61. The number of ether oxygens (including phenoxy) is 2. The van der Waals surface area contributed by atoms with Gasteiger partial charge in [-0.15, -0.1) is 0 Å². The maximum atomic E-state index is 5.99. The number of halogens is 1. The molecule has 1 heterocycles. The third-order valence-electron chi connectivity index (χ3n) is 1.98. The minimum Gasteiger partial charge on any atom is -0.454 e. The molecule has 70 valence electrons. The zero-order valence-electron chi connectivity index (χ0n) is 7.21. The lowest BCUT2D eigenvalue weighted by atomic mass is 10.1. The number of benzene rings is 1. The molecule has 0 aromatic heterocycles. The summed E-state index contributed by atoms with van der Waals surface area (Å²) in [5.41, 5.74) is 6.61. The van der Waals surface area contributed by atoms with Crippen LogP contribution in [0.4, 0.5) is 0 Å². The summed E-state index contributed by atoms with van der Waals surface area (Å²) < 4.78 is 10.4. The molecule has 1 aromatic carbocycles. The van der Waals surface area contributed by atoms with Gasteiger partial charge in [0.15, 0.2) is 11.5 Å². The van der Waals surface area contributed by atoms with E-state index in [9.17, 15) is 0 Å². The van der Waals surface area contributed by atoms with Crippen molar-refractivity contribution in [2.75, 3.05) is 6.79 Å². The molecule has 2 N–H and O–H groups in total. The number of hydrogen-bond acceptors (Lipinski definition) is 3. The van der Waals surface area contributed by atoms with E-state index in [4.69, 9.17) is 26.8 Å². The van der Waals surface area contributed by atoms with Crippen LogP contribution in [0, 0.1) is 0 Å². The number of nitrogens with two attached hydrogens (primary N) is 1. The van der Waals surface area contributed by atoms with Gasteiger partial charge in [0, 0.05) is 17.1 Å². The third-order valence-corrected chi connectivity index (χ3v) is 2.31. The molecule has 3 nitrogen and oxygen atoms in total. The zero-order chi connectivity index (χ0) is 9.42. The van der Waals surface area contributed by atoms with E-state index in [1.807, 2.05) is 13.0 Å². The molecule has 4 heteroatoms. The zero-order valence-corrected chi connectivity index (χ0v) is 7.97. The van der Waals surface area contributed by atoms with Crippen LogP contribution in [0.5, 0.6) is 11.5 Å². The van der Waals surface area contributed by atoms with Gasteiger partial charge in [0.2, 0.25) is 6.79 Å². The molecule has 1 aliphatic rings. The van der Waals surface area contributed by atoms with Gasteiger partial charge in [0.05, 0.1) is 0 Å². The van der Waals surface area contributed by atoms with Crippen LogP contribution >= 0.6 is 11.6 Å². The minimum absolute atomic E-state index is 0.0954. The monoisotopic (exact) mass is 199 g/mol. The van der Waals surface area contributed by atoms with E-state index in [1.165, 1.54) is 0 Å². The number of hydrogen-bond donors (Lipinski definition) is 1. The first-order chi connectivity index (χ1) is 6.18. The second-order valence-electron chi connectivity index (χ2n) is 3.02. The molecule has 0 saturated carbocycles. The molecule has 1 aliphatic heterocycles. The summed E-state index contributed by atoms with van der Waals surface area (Å²) in [6.07, 6.45) is 0. The quantitative estimate of drug-likeness (QED) is 0.753. The van der Waals surface area contributed by atoms with Gasteiger partial charge < -0.3 is 15.2 Å². The summed E-state index contributed by atoms with van der Waals surface area (Å²) in [6.45, 7) is 2.14. The van der Waals surface area contributed by atoms with Crippen LogP contribution in [0.1, 0.15) is 18.5 Å². The second-order valence-corrected chi connectivity index (χ2v) is 3.42. The lowest BCUT2D eigenvalue weighted by Gasteiger charge is -2.08. The largest absolute Gasteiger partial charge is 0.454 e. The second kappa shape index (κ2) is 3.09. The third kappa shape index (κ3) is 1.45. The molecular weight excluding hydrogens is 190 g/mol. The first kappa shape index (κ1) is 8.66. The van der Waals surface area contributed by atoms with E-state index >= 15 is 0 Å². The highest BCUT2D eigenvalue weighted by atomic mass is 35.5. The molecule has 2 rings (SSSR count). The van der Waals surface area contributed by atoms with E-state index in [-0.39, 0.29) is 12.8 Å². The van der Waals surface area contributed by atoms with Crippen molar-refractivity contribution in [2.45, 2.75) is 13.0 Å². The Labute approximate surface area is 81.4 Å². The predicted molar refractivity (Wildman–Crippen MR) is 50.2 cm³/mol. The molecule has 1 atom stereocenters. The summed E-state index contributed by atoms with van der Waals surface area (Å²) >= 11 is 5.99. The maximum absolute atomic E-state index is 5.99. The van der Waals surface area contributed by atoms with Crippen molar-refractivity contribution in [3.63, 3.8) is 0 Å². The minimum atomic E-state index is -0.0954. The molecule has 1 aromatic rings. The van der Waals surface area contributed by atoms with Gasteiger partial charge in [0.1, 0.15) is 0 Å². The number of fused-ring (bicyclic) bond motifs is 1. The van der Waals surface area contributed by atoms with E-state index in [0.29, 0.717) is 10.8 Å². The highest BCUT2D eigenvalue weighted by Gasteiger charge is 2.17. The Balaban J connectivity index is 2.49. The highest BCUT2D eigenvalue weighted by molar-refractivity contribution is 6.31. The molecule has 0 saturated heterocycles. The SMILES string of the molecule is CC(N)c1cc2c(cc1Cl)OCO2. The van der Waals surface area contributed by atoms with Crippen molar-refractivity contribution in [3.8, 4) is 11.5 Å². The van der Waals surface area contributed by atoms with Crippen molar-refractivity contribution in [1.82, 2.24) is 0 Å². The van der Waals surface area contributed by atoms with Crippen LogP contribution in [0.25, 0.3) is 0 Å². The molecule has 1 unspecified atom stereocenters. The van der Waals surface area contributed by atoms with E-state index in [1.54, 1.807) is 6.07 Å². The topological polar surface area (TPSA) is 44.5 Å². The number of rotatable bonds is 1. The lowest BCUT2D eigenvalue weighted by molar-refractivity contribution is 0.174. The van der Waals surface area contributed by atoms with Crippen molar-refractivity contribution in [2.24, 2.45) is 5.73 Å². The summed E-state index contributed by atoms with van der Waals surface area (Å²) in [7, 11) is 0. The summed E-state index contributed by atoms with van der Waals surface area (Å²) in [4.78, 5) is 0. The van der Waals surface area contributed by atoms with Crippen LogP contribution < -0.4 is 15.2 Å². The summed E-state index contributed by atoms with van der Waals surface area (Å²) in [5, 5.41) is 0.624. The van der Waals surface area contributed by atoms with Crippen LogP contribution in [0.15, 0.2) is 12.1 Å². The molecule has 0 spiro atoms. The Kier molecular flexibility index (Phi) is 2.06. The molecular formula is C9H10ClNO2. The fourth-order valence-electron chi connectivity index (χ4n) is 1.28. The van der Waals surface area contributed by atoms with Crippen LogP contribution in [0.2, 0.25) is 5.02 Å². The maximum Gasteiger partial charge on any atom is 0.231 e. The summed E-state index contributed by atoms with van der Waals surface area (Å²) in [6, 6.07) is 3.47. The standard InChI is InChI=1S/C9H10ClNO2/c1-5(11)6-2-8-9(3-7(6)10)13-4-12-8/h2-3,5H,4,11H2,1H3. The van der Waals surface area contributed by atoms with E-state index < -0.39 is 0 Å². The molecule has 0 radical (unpaired) electrons. The highest BCUT2D eigenvalue weighted by Crippen LogP contribution is 2.38. The van der Waals surface area contributed by atoms with Crippen molar-refractivity contribution in [1.29, 1.82) is 0 Å². The van der Waals surface area contributed by atoms with Crippen LogP contribution in [-0.4, -0.2) is 6.79 Å². The van der Waals surface area contributed by atoms with Gasteiger partial charge in [-0.25, -0.2) is 0 Å². The Bertz CT molecular complexity index is 339. The molecule has 0 aliphatic carbocycles. The van der Waals surface area contributed by atoms with Gasteiger partial charge in [-0.05, 0) is 18.6 Å². The van der Waals surface area contributed by atoms with Crippen molar-refractivity contribution in [3.05, 3.63) is 22.7 Å². The Morgan fingerprint density at radius 1 is 1.38 bits per heavy atom.